The molecule has 1 aromatic heterocycles. The minimum Gasteiger partial charge on any atom is -0.481 e. The summed E-state index contributed by atoms with van der Waals surface area (Å²) in [5.41, 5.74) is 1.25. The van der Waals surface area contributed by atoms with E-state index in [4.69, 9.17) is 4.74 Å². The third-order valence-electron chi connectivity index (χ3n) is 5.34. The fraction of sp³-hybridized carbons (Fsp3) is 0.647. The minimum absolute atomic E-state index is 0.291. The summed E-state index contributed by atoms with van der Waals surface area (Å²) in [7, 11) is 1.65. The van der Waals surface area contributed by atoms with Gasteiger partial charge in [0.25, 0.3) is 6.71 Å². The van der Waals surface area contributed by atoms with E-state index in [1.54, 1.807) is 7.11 Å². The van der Waals surface area contributed by atoms with Crippen LogP contribution in [-0.4, -0.2) is 36.3 Å². The number of ether oxygens (including phenoxy) is 1. The molecule has 4 nitrogen and oxygen atoms in total. The number of nitriles is 1. The Morgan fingerprint density at radius 3 is 2.95 bits per heavy atom. The summed E-state index contributed by atoms with van der Waals surface area (Å²) in [6.45, 7) is 4.65. The Hall–Kier alpha value is -1.54. The minimum atomic E-state index is 0.291. The molecule has 0 radical (unpaired) electrons. The van der Waals surface area contributed by atoms with Crippen molar-refractivity contribution in [3.05, 3.63) is 23.9 Å². The molecule has 5 heteroatoms. The number of rotatable bonds is 5. The zero-order chi connectivity index (χ0) is 15.5. The number of hydrogen-bond acceptors (Lipinski definition) is 4. The molecule has 2 aliphatic rings. The van der Waals surface area contributed by atoms with Gasteiger partial charge in [0.15, 0.2) is 0 Å². The van der Waals surface area contributed by atoms with Crippen LogP contribution in [0.3, 0.4) is 0 Å². The molecule has 3 heterocycles. The van der Waals surface area contributed by atoms with Gasteiger partial charge in [-0.3, -0.25) is 4.90 Å². The molecule has 0 N–H and O–H groups in total. The molecule has 0 aliphatic carbocycles. The Bertz CT molecular complexity index is 542. The van der Waals surface area contributed by atoms with Crippen molar-refractivity contribution in [3.63, 3.8) is 0 Å². The van der Waals surface area contributed by atoms with Crippen molar-refractivity contribution in [1.29, 1.82) is 5.26 Å². The highest BCUT2D eigenvalue weighted by Crippen LogP contribution is 2.44. The van der Waals surface area contributed by atoms with Crippen LogP contribution in [0.15, 0.2) is 18.3 Å². The largest absolute Gasteiger partial charge is 0.481 e. The molecule has 0 aromatic carbocycles. The van der Waals surface area contributed by atoms with Crippen molar-refractivity contribution in [2.24, 2.45) is 11.8 Å². The lowest BCUT2D eigenvalue weighted by molar-refractivity contribution is 0.210. The summed E-state index contributed by atoms with van der Waals surface area (Å²) < 4.78 is 5.13. The molecule has 0 bridgehead atoms. The highest BCUT2D eigenvalue weighted by atomic mass is 16.5. The maximum absolute atomic E-state index is 9.20. The lowest BCUT2D eigenvalue weighted by atomic mass is 9.49. The standard InChI is InChI=1S/C17H24BN3O/c1-3-4-16-15-8-18(12-19)7-14(15)11-21(16)10-13-5-6-17(22-2)20-9-13/h5-6,9,14-16H,3-4,7-8,10-11H2,1-2H3/t14-,15-,16?/m1/s1. The van der Waals surface area contributed by atoms with E-state index < -0.39 is 0 Å². The van der Waals surface area contributed by atoms with Crippen molar-refractivity contribution < 1.29 is 4.74 Å². The van der Waals surface area contributed by atoms with Crippen molar-refractivity contribution in [3.8, 4) is 11.8 Å². The molecule has 22 heavy (non-hydrogen) atoms. The number of methoxy groups -OCH3 is 1. The van der Waals surface area contributed by atoms with Gasteiger partial charge < -0.3 is 4.74 Å². The fourth-order valence-corrected chi connectivity index (χ4v) is 4.39. The quantitative estimate of drug-likeness (QED) is 0.784. The average Bonchev–Trinajstić information content (AvgIpc) is 3.07. The van der Waals surface area contributed by atoms with Crippen LogP contribution in [0.4, 0.5) is 0 Å². The molecule has 3 rings (SSSR count). The smallest absolute Gasteiger partial charge is 0.268 e. The van der Waals surface area contributed by atoms with E-state index in [2.05, 4.69) is 28.8 Å². The molecule has 1 unspecified atom stereocenters. The summed E-state index contributed by atoms with van der Waals surface area (Å²) >= 11 is 0. The molecule has 2 saturated heterocycles. The normalized spacial score (nSPS) is 27.7. The Morgan fingerprint density at radius 2 is 2.32 bits per heavy atom. The van der Waals surface area contributed by atoms with E-state index in [9.17, 15) is 5.26 Å². The zero-order valence-electron chi connectivity index (χ0n) is 13.5. The number of hydrogen-bond donors (Lipinski definition) is 0. The van der Waals surface area contributed by atoms with Crippen LogP contribution >= 0.6 is 0 Å². The SMILES string of the molecule is CCCC1[C@@H]2CB(C#N)C[C@@H]2CN1Cc1ccc(OC)nc1. The molecule has 3 atom stereocenters. The number of likely N-dealkylation sites (tertiary alicyclic amines) is 1. The van der Waals surface area contributed by atoms with Crippen LogP contribution in [0.5, 0.6) is 5.88 Å². The summed E-state index contributed by atoms with van der Waals surface area (Å²) in [4.78, 5) is 6.94. The summed E-state index contributed by atoms with van der Waals surface area (Å²) in [6, 6.07) is 4.68. The van der Waals surface area contributed by atoms with E-state index in [1.165, 1.54) is 18.4 Å². The van der Waals surface area contributed by atoms with Gasteiger partial charge in [0.05, 0.1) is 7.11 Å². The van der Waals surface area contributed by atoms with Gasteiger partial charge in [-0.25, -0.2) is 10.2 Å². The van der Waals surface area contributed by atoms with Gasteiger partial charge in [0, 0.05) is 37.4 Å². The Kier molecular flexibility index (Phi) is 4.68. The second-order valence-corrected chi connectivity index (χ2v) is 6.72. The topological polar surface area (TPSA) is 49.2 Å². The van der Waals surface area contributed by atoms with Gasteiger partial charge in [-0.05, 0) is 23.8 Å². The maximum atomic E-state index is 9.20. The Labute approximate surface area is 133 Å². The highest BCUT2D eigenvalue weighted by molar-refractivity contribution is 6.67. The predicted octanol–water partition coefficient (Wildman–Crippen LogP) is 2.88. The Morgan fingerprint density at radius 1 is 1.45 bits per heavy atom. The zero-order valence-corrected chi connectivity index (χ0v) is 13.5. The monoisotopic (exact) mass is 297 g/mol. The van der Waals surface area contributed by atoms with Gasteiger partial charge in [-0.15, -0.1) is 0 Å². The lowest BCUT2D eigenvalue weighted by Gasteiger charge is -2.27. The molecule has 0 spiro atoms. The number of fused-ring (bicyclic) bond motifs is 1. The van der Waals surface area contributed by atoms with E-state index >= 15 is 0 Å². The molecular formula is C17H24BN3O. The van der Waals surface area contributed by atoms with E-state index in [0.717, 1.165) is 31.6 Å². The van der Waals surface area contributed by atoms with Crippen molar-refractivity contribution in [1.82, 2.24) is 9.88 Å². The van der Waals surface area contributed by atoms with Crippen LogP contribution in [0.25, 0.3) is 0 Å². The summed E-state index contributed by atoms with van der Waals surface area (Å²) in [5.74, 6) is 4.59. The maximum Gasteiger partial charge on any atom is 0.268 e. The third kappa shape index (κ3) is 2.98. The molecule has 2 aliphatic heterocycles. The number of pyridine rings is 1. The second-order valence-electron chi connectivity index (χ2n) is 6.72. The van der Waals surface area contributed by atoms with E-state index in [-0.39, 0.29) is 0 Å². The molecule has 2 fully saturated rings. The van der Waals surface area contributed by atoms with Gasteiger partial charge in [0.2, 0.25) is 5.88 Å². The molecule has 0 saturated carbocycles. The molecular weight excluding hydrogens is 273 g/mol. The summed E-state index contributed by atoms with van der Waals surface area (Å²) in [6.07, 6.45) is 6.57. The summed E-state index contributed by atoms with van der Waals surface area (Å²) in [5, 5.41) is 9.20. The van der Waals surface area contributed by atoms with Crippen molar-refractivity contribution in [2.75, 3.05) is 13.7 Å². The first-order chi connectivity index (χ1) is 10.7. The van der Waals surface area contributed by atoms with Crippen molar-refractivity contribution in [2.45, 2.75) is 45.0 Å². The number of aromatic nitrogens is 1. The first kappa shape index (κ1) is 15.4. The van der Waals surface area contributed by atoms with Crippen LogP contribution < -0.4 is 4.74 Å². The van der Waals surface area contributed by atoms with Gasteiger partial charge in [-0.2, -0.15) is 0 Å². The Balaban J connectivity index is 1.69. The van der Waals surface area contributed by atoms with Crippen LogP contribution in [-0.2, 0) is 6.54 Å². The van der Waals surface area contributed by atoms with Gasteiger partial charge in [-0.1, -0.05) is 32.1 Å². The predicted molar refractivity (Wildman–Crippen MR) is 87.9 cm³/mol. The first-order valence-corrected chi connectivity index (χ1v) is 8.37. The van der Waals surface area contributed by atoms with Gasteiger partial charge >= 0.3 is 0 Å². The third-order valence-corrected chi connectivity index (χ3v) is 5.34. The second kappa shape index (κ2) is 6.70. The van der Waals surface area contributed by atoms with Crippen molar-refractivity contribution >= 4 is 6.71 Å². The fourth-order valence-electron chi connectivity index (χ4n) is 4.39. The lowest BCUT2D eigenvalue weighted by Crippen LogP contribution is -2.33. The molecule has 116 valence electrons. The van der Waals surface area contributed by atoms with Crippen LogP contribution in [0.1, 0.15) is 25.3 Å². The van der Waals surface area contributed by atoms with Crippen LogP contribution in [0.2, 0.25) is 12.6 Å². The first-order valence-electron chi connectivity index (χ1n) is 8.37. The molecule has 0 amide bonds. The molecule has 1 aromatic rings. The van der Waals surface area contributed by atoms with Crippen LogP contribution in [0, 0.1) is 23.1 Å². The highest BCUT2D eigenvalue weighted by Gasteiger charge is 2.48. The average molecular weight is 297 g/mol. The van der Waals surface area contributed by atoms with Gasteiger partial charge in [0.1, 0.15) is 0 Å². The number of nitrogens with zero attached hydrogens (tertiary/aromatic N) is 3. The van der Waals surface area contributed by atoms with E-state index in [0.29, 0.717) is 24.6 Å². The van der Waals surface area contributed by atoms with E-state index in [1.807, 2.05) is 12.3 Å².